The average molecular weight is 315 g/mol. The van der Waals surface area contributed by atoms with Gasteiger partial charge in [-0.05, 0) is 24.3 Å². The lowest BCUT2D eigenvalue weighted by Gasteiger charge is -2.07. The Morgan fingerprint density at radius 3 is 2.67 bits per heavy atom. The van der Waals surface area contributed by atoms with Gasteiger partial charge in [-0.1, -0.05) is 23.7 Å². The number of hydrogen-bond acceptors (Lipinski definition) is 2. The minimum Gasteiger partial charge on any atom is -0.319 e. The number of hydrogen-bond donors (Lipinski definition) is 0. The van der Waals surface area contributed by atoms with E-state index in [9.17, 15) is 18.0 Å². The first-order valence-electron chi connectivity index (χ1n) is 5.86. The fraction of sp³-hybridized carbons (Fsp3) is 0.143. The highest BCUT2D eigenvalue weighted by Gasteiger charge is 2.30. The third-order valence-electron chi connectivity index (χ3n) is 2.83. The van der Waals surface area contributed by atoms with Gasteiger partial charge in [0.15, 0.2) is 5.78 Å². The normalized spacial score (nSPS) is 12.0. The lowest BCUT2D eigenvalue weighted by molar-refractivity contribution is -0.137. The van der Waals surface area contributed by atoms with Crippen LogP contribution in [0.25, 0.3) is 6.08 Å². The van der Waals surface area contributed by atoms with Gasteiger partial charge in [-0.2, -0.15) is 13.2 Å². The summed E-state index contributed by atoms with van der Waals surface area (Å²) in [6.45, 7) is 0. The first-order chi connectivity index (χ1) is 9.79. The highest BCUT2D eigenvalue weighted by molar-refractivity contribution is 6.29. The van der Waals surface area contributed by atoms with Gasteiger partial charge in [0.1, 0.15) is 11.0 Å². The Labute approximate surface area is 123 Å². The Morgan fingerprint density at radius 2 is 2.10 bits per heavy atom. The largest absolute Gasteiger partial charge is 0.416 e. The van der Waals surface area contributed by atoms with Gasteiger partial charge in [0.2, 0.25) is 0 Å². The van der Waals surface area contributed by atoms with Gasteiger partial charge in [0, 0.05) is 12.6 Å². The summed E-state index contributed by atoms with van der Waals surface area (Å²) in [5, 5.41) is 0.390. The lowest BCUT2D eigenvalue weighted by Crippen LogP contribution is -2.06. The molecule has 1 heterocycles. The molecule has 0 spiro atoms. The summed E-state index contributed by atoms with van der Waals surface area (Å²) in [5.41, 5.74) is -0.900. The Kier molecular flexibility index (Phi) is 4.18. The van der Waals surface area contributed by atoms with Crippen LogP contribution in [0.5, 0.6) is 0 Å². The number of aromatic nitrogens is 2. The van der Waals surface area contributed by atoms with Crippen molar-refractivity contribution in [1.82, 2.24) is 9.55 Å². The second-order valence-electron chi connectivity index (χ2n) is 4.27. The number of alkyl halides is 3. The third kappa shape index (κ3) is 3.52. The van der Waals surface area contributed by atoms with E-state index in [1.807, 2.05) is 0 Å². The van der Waals surface area contributed by atoms with Crippen LogP contribution in [0.3, 0.4) is 0 Å². The van der Waals surface area contributed by atoms with E-state index in [4.69, 9.17) is 11.6 Å². The van der Waals surface area contributed by atoms with Crippen LogP contribution < -0.4 is 0 Å². The molecule has 0 fully saturated rings. The van der Waals surface area contributed by atoms with E-state index in [1.165, 1.54) is 29.0 Å². The maximum absolute atomic E-state index is 12.6. The number of carbonyl (C=O) groups is 1. The summed E-state index contributed by atoms with van der Waals surface area (Å²) in [6, 6.07) is 4.26. The van der Waals surface area contributed by atoms with Gasteiger partial charge in [0.25, 0.3) is 0 Å². The van der Waals surface area contributed by atoms with Gasteiger partial charge >= 0.3 is 6.18 Å². The number of allylic oxidation sites excluding steroid dienone is 1. The standard InChI is InChI=1S/C14H10ClF3N2O/c1-20-12(15)8-19-13(20)6-5-11(21)9-3-2-4-10(7-9)14(16,17)18/h2-8H,1H3. The summed E-state index contributed by atoms with van der Waals surface area (Å²) in [4.78, 5) is 15.8. The quantitative estimate of drug-likeness (QED) is 0.634. The summed E-state index contributed by atoms with van der Waals surface area (Å²) >= 11 is 5.79. The third-order valence-corrected chi connectivity index (χ3v) is 3.18. The van der Waals surface area contributed by atoms with Gasteiger partial charge in [-0.15, -0.1) is 0 Å². The number of nitrogens with zero attached hydrogens (tertiary/aromatic N) is 2. The number of benzene rings is 1. The molecular formula is C14H10ClF3N2O. The van der Waals surface area contributed by atoms with Crippen molar-refractivity contribution in [2.24, 2.45) is 7.05 Å². The summed E-state index contributed by atoms with van der Waals surface area (Å²) in [5.74, 6) is -0.111. The van der Waals surface area contributed by atoms with Crippen LogP contribution in [-0.4, -0.2) is 15.3 Å². The molecule has 2 aromatic rings. The second-order valence-corrected chi connectivity index (χ2v) is 4.66. The van der Waals surface area contributed by atoms with E-state index in [0.29, 0.717) is 11.0 Å². The monoisotopic (exact) mass is 314 g/mol. The predicted molar refractivity (Wildman–Crippen MR) is 73.0 cm³/mol. The molecule has 0 aliphatic heterocycles. The highest BCUT2D eigenvalue weighted by Crippen LogP contribution is 2.29. The smallest absolute Gasteiger partial charge is 0.319 e. The van der Waals surface area contributed by atoms with Crippen LogP contribution in [-0.2, 0) is 13.2 Å². The summed E-state index contributed by atoms with van der Waals surface area (Å²) in [6.07, 6.45) is -0.508. The van der Waals surface area contributed by atoms with Crippen LogP contribution in [0.2, 0.25) is 5.15 Å². The molecule has 2 rings (SSSR count). The van der Waals surface area contributed by atoms with Crippen molar-refractivity contribution in [2.75, 3.05) is 0 Å². The van der Waals surface area contributed by atoms with E-state index < -0.39 is 17.5 Å². The Morgan fingerprint density at radius 1 is 1.38 bits per heavy atom. The number of rotatable bonds is 3. The van der Waals surface area contributed by atoms with E-state index in [-0.39, 0.29) is 5.56 Å². The van der Waals surface area contributed by atoms with Crippen LogP contribution >= 0.6 is 11.6 Å². The van der Waals surface area contributed by atoms with Crippen molar-refractivity contribution in [3.05, 3.63) is 58.6 Å². The van der Waals surface area contributed by atoms with Gasteiger partial charge < -0.3 is 4.57 Å². The zero-order valence-electron chi connectivity index (χ0n) is 10.9. The molecule has 21 heavy (non-hydrogen) atoms. The van der Waals surface area contributed by atoms with Gasteiger partial charge in [0.05, 0.1) is 11.8 Å². The van der Waals surface area contributed by atoms with Crippen molar-refractivity contribution in [1.29, 1.82) is 0 Å². The maximum Gasteiger partial charge on any atom is 0.416 e. The predicted octanol–water partition coefficient (Wildman–Crippen LogP) is 3.99. The second kappa shape index (κ2) is 5.73. The molecule has 0 N–H and O–H groups in total. The molecule has 0 bridgehead atoms. The molecule has 0 unspecified atom stereocenters. The zero-order valence-corrected chi connectivity index (χ0v) is 11.6. The molecule has 7 heteroatoms. The zero-order chi connectivity index (χ0) is 15.6. The van der Waals surface area contributed by atoms with E-state index in [1.54, 1.807) is 7.05 Å². The molecule has 0 aliphatic rings. The van der Waals surface area contributed by atoms with Crippen molar-refractivity contribution in [3.63, 3.8) is 0 Å². The van der Waals surface area contributed by atoms with Crippen molar-refractivity contribution < 1.29 is 18.0 Å². The van der Waals surface area contributed by atoms with Crippen molar-refractivity contribution in [2.45, 2.75) is 6.18 Å². The Bertz CT molecular complexity index is 704. The topological polar surface area (TPSA) is 34.9 Å². The first kappa shape index (κ1) is 15.3. The van der Waals surface area contributed by atoms with Crippen LogP contribution in [0.1, 0.15) is 21.7 Å². The van der Waals surface area contributed by atoms with Gasteiger partial charge in [-0.3, -0.25) is 4.79 Å². The fourth-order valence-corrected chi connectivity index (χ4v) is 1.79. The molecule has 3 nitrogen and oxygen atoms in total. The molecule has 0 radical (unpaired) electrons. The molecule has 0 aliphatic carbocycles. The van der Waals surface area contributed by atoms with Crippen molar-refractivity contribution in [3.8, 4) is 0 Å². The number of imidazole rings is 1. The minimum absolute atomic E-state index is 0.0404. The Balaban J connectivity index is 2.23. The molecule has 0 saturated carbocycles. The molecular weight excluding hydrogens is 305 g/mol. The minimum atomic E-state index is -4.48. The van der Waals surface area contributed by atoms with Crippen LogP contribution in [0, 0.1) is 0 Å². The van der Waals surface area contributed by atoms with Gasteiger partial charge in [-0.25, -0.2) is 4.98 Å². The number of ketones is 1. The molecule has 110 valence electrons. The van der Waals surface area contributed by atoms with E-state index in [2.05, 4.69) is 4.98 Å². The summed E-state index contributed by atoms with van der Waals surface area (Å²) in [7, 11) is 1.66. The summed E-state index contributed by atoms with van der Waals surface area (Å²) < 4.78 is 39.3. The Hall–Kier alpha value is -2.08. The van der Waals surface area contributed by atoms with Crippen LogP contribution in [0.15, 0.2) is 36.5 Å². The van der Waals surface area contributed by atoms with E-state index >= 15 is 0 Å². The fourth-order valence-electron chi connectivity index (χ4n) is 1.65. The SMILES string of the molecule is Cn1c(Cl)cnc1C=CC(=O)c1cccc(C(F)(F)F)c1. The molecule has 1 aromatic carbocycles. The van der Waals surface area contributed by atoms with Crippen molar-refractivity contribution >= 4 is 23.5 Å². The first-order valence-corrected chi connectivity index (χ1v) is 6.23. The maximum atomic E-state index is 12.6. The van der Waals surface area contributed by atoms with Crippen LogP contribution in [0.4, 0.5) is 13.2 Å². The molecule has 0 atom stereocenters. The number of halogens is 4. The molecule has 0 saturated heterocycles. The molecule has 1 aromatic heterocycles. The lowest BCUT2D eigenvalue weighted by atomic mass is 10.1. The highest BCUT2D eigenvalue weighted by atomic mass is 35.5. The average Bonchev–Trinajstić information content (AvgIpc) is 2.75. The van der Waals surface area contributed by atoms with E-state index in [0.717, 1.165) is 18.2 Å². The number of carbonyl (C=O) groups excluding carboxylic acids is 1. The molecule has 0 amide bonds.